The molecule has 0 saturated heterocycles. The van der Waals surface area contributed by atoms with Crippen molar-refractivity contribution in [3.8, 4) is 12.1 Å². The molecule has 6 nitrogen and oxygen atoms in total. The Kier molecular flexibility index (Phi) is 5.44. The number of benzene rings is 1. The van der Waals surface area contributed by atoms with Crippen LogP contribution in [0.3, 0.4) is 0 Å². The number of esters is 2. The van der Waals surface area contributed by atoms with Gasteiger partial charge in [0.2, 0.25) is 0 Å². The molecule has 0 bridgehead atoms. The number of rotatable bonds is 5. The predicted molar refractivity (Wildman–Crippen MR) is 103 cm³/mol. The first-order chi connectivity index (χ1) is 13.0. The second-order valence-corrected chi connectivity index (χ2v) is 14.8. The van der Waals surface area contributed by atoms with Gasteiger partial charge in [-0.15, -0.1) is 0 Å². The van der Waals surface area contributed by atoms with Crippen LogP contribution < -0.4 is 4.46 Å². The van der Waals surface area contributed by atoms with Crippen molar-refractivity contribution < 1.29 is 20.4 Å². The number of carbonyl (C=O) groups is 2. The summed E-state index contributed by atoms with van der Waals surface area (Å²) in [6.07, 6.45) is 0. The Hall–Kier alpha value is -2.12. The average Bonchev–Trinajstić information content (AvgIpc) is 2.68. The average molecular weight is 450 g/mol. The first-order valence-electron chi connectivity index (χ1n) is 8.76. The standard InChI is InChI=1S/C19H22N2O4SeSi/c1-24-16(22)19(17(23)25-2)14(26-13-9-7-6-8-10-13)15(27(3,4)5)18(19,11-20)12-21/h6-10,14-15H,1-5H3/t14-,15-/m1/s1/i15D. The molecule has 1 aromatic carbocycles. The molecule has 1 aliphatic carbocycles. The van der Waals surface area contributed by atoms with Gasteiger partial charge in [0.05, 0.1) is 0 Å². The van der Waals surface area contributed by atoms with E-state index in [1.807, 2.05) is 62.1 Å². The number of ether oxygens (including phenoxy) is 2. The van der Waals surface area contributed by atoms with Crippen LogP contribution in [0.25, 0.3) is 0 Å². The minimum atomic E-state index is -2.58. The van der Waals surface area contributed by atoms with Crippen LogP contribution in [-0.4, -0.2) is 49.2 Å². The summed E-state index contributed by atoms with van der Waals surface area (Å²) in [5.41, 5.74) is -5.91. The fraction of sp³-hybridized carbons (Fsp3) is 0.474. The van der Waals surface area contributed by atoms with E-state index < -0.39 is 56.1 Å². The maximum atomic E-state index is 13.0. The summed E-state index contributed by atoms with van der Waals surface area (Å²) in [6, 6.07) is 13.0. The third-order valence-corrected chi connectivity index (χ3v) is 10.4. The van der Waals surface area contributed by atoms with Gasteiger partial charge in [-0.05, 0) is 0 Å². The number of carbonyl (C=O) groups excluding carboxylic acids is 2. The topological polar surface area (TPSA) is 100 Å². The molecule has 0 unspecified atom stereocenters. The molecule has 8 heteroatoms. The molecular weight excluding hydrogens is 427 g/mol. The Morgan fingerprint density at radius 2 is 1.59 bits per heavy atom. The van der Waals surface area contributed by atoms with Crippen molar-refractivity contribution in [1.82, 2.24) is 0 Å². The quantitative estimate of drug-likeness (QED) is 0.386. The van der Waals surface area contributed by atoms with Crippen LogP contribution in [0.1, 0.15) is 1.37 Å². The molecule has 1 aliphatic rings. The van der Waals surface area contributed by atoms with E-state index >= 15 is 0 Å². The zero-order chi connectivity index (χ0) is 21.4. The third-order valence-electron chi connectivity index (χ3n) is 4.81. The molecular formula is C19H22N2O4SeSi. The zero-order valence-electron chi connectivity index (χ0n) is 16.9. The van der Waals surface area contributed by atoms with Crippen LogP contribution in [-0.2, 0) is 19.1 Å². The molecule has 0 radical (unpaired) electrons. The number of hydrogen-bond donors (Lipinski definition) is 0. The van der Waals surface area contributed by atoms with Crippen LogP contribution in [0.15, 0.2) is 30.3 Å². The number of methoxy groups -OCH3 is 2. The van der Waals surface area contributed by atoms with Gasteiger partial charge >= 0.3 is 168 Å². The molecule has 1 aromatic rings. The summed E-state index contributed by atoms with van der Waals surface area (Å²) in [7, 11) is -0.359. The van der Waals surface area contributed by atoms with Gasteiger partial charge < -0.3 is 0 Å². The van der Waals surface area contributed by atoms with E-state index in [0.29, 0.717) is 0 Å². The van der Waals surface area contributed by atoms with Gasteiger partial charge in [-0.3, -0.25) is 0 Å². The first-order valence-corrected chi connectivity index (χ1v) is 13.6. The summed E-state index contributed by atoms with van der Waals surface area (Å²) in [5, 5.41) is 20.1. The van der Waals surface area contributed by atoms with Gasteiger partial charge in [0.1, 0.15) is 0 Å². The summed E-state index contributed by atoms with van der Waals surface area (Å²) in [5.74, 6) is -1.99. The van der Waals surface area contributed by atoms with E-state index in [1.165, 1.54) is 0 Å². The summed E-state index contributed by atoms with van der Waals surface area (Å²) in [4.78, 5) is 25.1. The van der Waals surface area contributed by atoms with Crippen LogP contribution in [0.2, 0.25) is 30.0 Å². The monoisotopic (exact) mass is 451 g/mol. The molecule has 0 aromatic heterocycles. The Labute approximate surface area is 168 Å². The summed E-state index contributed by atoms with van der Waals surface area (Å²) >= 11 is -0.553. The fourth-order valence-corrected chi connectivity index (χ4v) is 11.7. The van der Waals surface area contributed by atoms with Gasteiger partial charge in [-0.25, -0.2) is 0 Å². The molecule has 2 rings (SSSR count). The van der Waals surface area contributed by atoms with E-state index in [9.17, 15) is 21.5 Å². The zero-order valence-corrected chi connectivity index (χ0v) is 18.6. The number of nitriles is 2. The molecule has 2 atom stereocenters. The van der Waals surface area contributed by atoms with Crippen LogP contribution in [0.4, 0.5) is 0 Å². The van der Waals surface area contributed by atoms with Gasteiger partial charge in [0, 0.05) is 0 Å². The second kappa shape index (κ2) is 7.48. The van der Waals surface area contributed by atoms with Crippen molar-refractivity contribution in [2.75, 3.05) is 14.2 Å². The minimum absolute atomic E-state index is 0.553. The van der Waals surface area contributed by atoms with Gasteiger partial charge in [-0.1, -0.05) is 0 Å². The third kappa shape index (κ3) is 2.89. The number of nitrogens with zero attached hydrogens (tertiary/aromatic N) is 2. The Morgan fingerprint density at radius 3 is 1.96 bits per heavy atom. The molecule has 0 heterocycles. The Balaban J connectivity index is 2.88. The van der Waals surface area contributed by atoms with E-state index in [0.717, 1.165) is 18.7 Å². The second-order valence-electron chi connectivity index (χ2n) is 7.24. The van der Waals surface area contributed by atoms with Gasteiger partial charge in [-0.2, -0.15) is 0 Å². The molecule has 0 spiro atoms. The normalized spacial score (nSPS) is 25.7. The van der Waals surface area contributed by atoms with E-state index in [4.69, 9.17) is 9.47 Å². The van der Waals surface area contributed by atoms with Crippen molar-refractivity contribution in [3.63, 3.8) is 0 Å². The SMILES string of the molecule is [2H][C@@]1([Si](C)(C)C)[C@@H]([Se]c2ccccc2)C(C(=O)OC)(C(=O)OC)C1(C#N)C#N. The van der Waals surface area contributed by atoms with Crippen LogP contribution in [0, 0.1) is 33.5 Å². The van der Waals surface area contributed by atoms with Crippen molar-refractivity contribution in [2.45, 2.75) is 30.0 Å². The molecule has 27 heavy (non-hydrogen) atoms. The molecule has 0 N–H and O–H groups in total. The van der Waals surface area contributed by atoms with Crippen molar-refractivity contribution in [1.29, 1.82) is 10.5 Å². The summed E-state index contributed by atoms with van der Waals surface area (Å²) < 4.78 is 20.0. The molecule has 0 aliphatic heterocycles. The van der Waals surface area contributed by atoms with Gasteiger partial charge in [0.25, 0.3) is 0 Å². The predicted octanol–water partition coefficient (Wildman–Crippen LogP) is 1.89. The van der Waals surface area contributed by atoms with Crippen LogP contribution >= 0.6 is 0 Å². The molecule has 142 valence electrons. The molecule has 1 saturated carbocycles. The van der Waals surface area contributed by atoms with E-state index in [2.05, 4.69) is 0 Å². The number of hydrogen-bond acceptors (Lipinski definition) is 6. The summed E-state index contributed by atoms with van der Waals surface area (Å²) in [6.45, 7) is 5.61. The van der Waals surface area contributed by atoms with Crippen molar-refractivity contribution in [3.05, 3.63) is 30.3 Å². The van der Waals surface area contributed by atoms with Crippen molar-refractivity contribution >= 4 is 39.4 Å². The first kappa shape index (κ1) is 19.6. The van der Waals surface area contributed by atoms with E-state index in [1.54, 1.807) is 0 Å². The van der Waals surface area contributed by atoms with Crippen molar-refractivity contribution in [2.24, 2.45) is 10.8 Å². The molecule has 1 fully saturated rings. The molecule has 0 amide bonds. The van der Waals surface area contributed by atoms with Gasteiger partial charge in [0.15, 0.2) is 0 Å². The van der Waals surface area contributed by atoms with E-state index in [-0.39, 0.29) is 0 Å². The Bertz CT molecular complexity index is 845. The maximum absolute atomic E-state index is 13.0. The van der Waals surface area contributed by atoms with Crippen LogP contribution in [0.5, 0.6) is 0 Å². The Morgan fingerprint density at radius 1 is 1.11 bits per heavy atom. The fourth-order valence-electron chi connectivity index (χ4n) is 3.73.